The van der Waals surface area contributed by atoms with Gasteiger partial charge in [0.05, 0.1) is 10.1 Å². The van der Waals surface area contributed by atoms with Crippen molar-refractivity contribution in [2.24, 2.45) is 0 Å². The summed E-state index contributed by atoms with van der Waals surface area (Å²) in [7, 11) is -4.08. The first kappa shape index (κ1) is 24.3. The Balaban J connectivity index is 0. The van der Waals surface area contributed by atoms with Gasteiger partial charge in [-0.25, -0.2) is 8.42 Å². The topological polar surface area (TPSA) is 57.2 Å². The van der Waals surface area contributed by atoms with Crippen molar-refractivity contribution in [3.05, 3.63) is 0 Å². The molecule has 122 valence electrons. The van der Waals surface area contributed by atoms with E-state index in [0.29, 0.717) is 12.8 Å². The van der Waals surface area contributed by atoms with E-state index in [-0.39, 0.29) is 52.8 Å². The fourth-order valence-corrected chi connectivity index (χ4v) is 2.94. The Morgan fingerprint density at radius 1 is 0.810 bits per heavy atom. The molecule has 0 rings (SSSR count). The van der Waals surface area contributed by atoms with E-state index in [0.717, 1.165) is 44.9 Å². The van der Waals surface area contributed by atoms with Gasteiger partial charge >= 0.3 is 35.1 Å². The van der Waals surface area contributed by atoms with Crippen molar-refractivity contribution >= 4 is 21.9 Å². The molecule has 21 heavy (non-hydrogen) atoms. The van der Waals surface area contributed by atoms with Gasteiger partial charge in [0.25, 0.3) is 0 Å². The number of thioether (sulfide) groups is 1. The maximum Gasteiger partial charge on any atom is 1.00 e. The van der Waals surface area contributed by atoms with E-state index < -0.39 is 15.6 Å². The van der Waals surface area contributed by atoms with Gasteiger partial charge in [-0.05, 0) is 12.8 Å². The van der Waals surface area contributed by atoms with E-state index in [1.54, 1.807) is 0 Å². The van der Waals surface area contributed by atoms with Crippen LogP contribution in [0.15, 0.2) is 0 Å². The molecule has 0 fully saturated rings. The molecule has 0 aliphatic carbocycles. The third-order valence-corrected chi connectivity index (χ3v) is 4.41. The molecule has 0 N–H and O–H groups in total. The third kappa shape index (κ3) is 23.4. The maximum absolute atomic E-state index is 11.8. The third-order valence-electron chi connectivity index (χ3n) is 2.80. The second-order valence-electron chi connectivity index (χ2n) is 4.74. The van der Waals surface area contributed by atoms with Gasteiger partial charge in [-0.15, -0.1) is 0 Å². The molecule has 9 heteroatoms. The number of rotatable bonds is 12. The van der Waals surface area contributed by atoms with Gasteiger partial charge in [0.1, 0.15) is 0 Å². The fraction of sp³-hybridized carbons (Fsp3) is 1.00. The predicted octanol–water partition coefficient (Wildman–Crippen LogP) is 1.30. The molecule has 3 nitrogen and oxygen atoms in total. The van der Waals surface area contributed by atoms with Crippen LogP contribution >= 0.6 is 11.8 Å². The normalized spacial score (nSPS) is 12.2. The van der Waals surface area contributed by atoms with E-state index in [9.17, 15) is 26.1 Å². The summed E-state index contributed by atoms with van der Waals surface area (Å²) in [5.41, 5.74) is -4.11. The zero-order valence-electron chi connectivity index (χ0n) is 12.5. The molecule has 0 aromatic rings. The van der Waals surface area contributed by atoms with Crippen molar-refractivity contribution in [3.63, 3.8) is 0 Å². The summed E-state index contributed by atoms with van der Waals surface area (Å²) in [6.07, 6.45) is 7.39. The Kier molecular flexibility index (Phi) is 15.6. The minimum Gasteiger partial charge on any atom is -0.748 e. The molecule has 0 heterocycles. The Hall–Kier alpha value is 1.05. The molecular formula is C12H22F3NaO3S2. The molecule has 0 atom stereocenters. The van der Waals surface area contributed by atoms with Crippen LogP contribution in [-0.4, -0.2) is 30.0 Å². The van der Waals surface area contributed by atoms with Gasteiger partial charge in [-0.2, -0.15) is 13.2 Å². The van der Waals surface area contributed by atoms with E-state index >= 15 is 0 Å². The number of halogens is 3. The molecular weight excluding hydrogens is 336 g/mol. The van der Waals surface area contributed by atoms with Crippen LogP contribution < -0.4 is 29.6 Å². The van der Waals surface area contributed by atoms with Crippen LogP contribution in [0.1, 0.15) is 57.8 Å². The fourth-order valence-electron chi connectivity index (χ4n) is 1.81. The molecule has 0 bridgehead atoms. The van der Waals surface area contributed by atoms with Crippen LogP contribution in [0.4, 0.5) is 13.2 Å². The molecule has 0 aromatic heterocycles. The van der Waals surface area contributed by atoms with Crippen LogP contribution in [0.25, 0.3) is 0 Å². The minimum atomic E-state index is -4.11. The zero-order chi connectivity index (χ0) is 15.5. The molecule has 0 saturated carbocycles. The SMILES string of the molecule is O=S(=O)([O-])CCCCCCCCCCCSC(F)(F)F.[Na+]. The van der Waals surface area contributed by atoms with Gasteiger partial charge in [0.15, 0.2) is 0 Å². The quantitative estimate of drug-likeness (QED) is 0.300. The van der Waals surface area contributed by atoms with Gasteiger partial charge in [0.2, 0.25) is 0 Å². The van der Waals surface area contributed by atoms with Gasteiger partial charge < -0.3 is 4.55 Å². The molecule has 0 amide bonds. The standard InChI is InChI=1S/C12H23F3O3S2.Na/c13-12(14,15)19-10-8-6-4-2-1-3-5-7-9-11-20(16,17)18;/h1-11H2,(H,16,17,18);/q;+1/p-1. The van der Waals surface area contributed by atoms with Crippen LogP contribution in [0.5, 0.6) is 0 Å². The van der Waals surface area contributed by atoms with Crippen molar-refractivity contribution in [2.45, 2.75) is 63.3 Å². The maximum atomic E-state index is 11.8. The van der Waals surface area contributed by atoms with E-state index in [1.807, 2.05) is 0 Å². The van der Waals surface area contributed by atoms with Gasteiger partial charge in [0, 0.05) is 11.5 Å². The molecule has 0 unspecified atom stereocenters. The molecule has 0 radical (unpaired) electrons. The summed E-state index contributed by atoms with van der Waals surface area (Å²) < 4.78 is 66.4. The summed E-state index contributed by atoms with van der Waals surface area (Å²) in [4.78, 5) is 0. The number of hydrogen-bond acceptors (Lipinski definition) is 4. The molecule has 0 aliphatic rings. The Labute approximate surface area is 151 Å². The average Bonchev–Trinajstić information content (AvgIpc) is 2.27. The number of hydrogen-bond donors (Lipinski definition) is 0. The van der Waals surface area contributed by atoms with Crippen molar-refractivity contribution in [1.29, 1.82) is 0 Å². The first-order valence-corrected chi connectivity index (χ1v) is 9.41. The van der Waals surface area contributed by atoms with E-state index in [2.05, 4.69) is 0 Å². The minimum absolute atomic E-state index is 0. The monoisotopic (exact) mass is 358 g/mol. The van der Waals surface area contributed by atoms with Crippen molar-refractivity contribution in [1.82, 2.24) is 0 Å². The average molecular weight is 358 g/mol. The molecule has 0 aromatic carbocycles. The van der Waals surface area contributed by atoms with Crippen LogP contribution in [-0.2, 0) is 10.1 Å². The summed E-state index contributed by atoms with van der Waals surface area (Å²) >= 11 is 0.0383. The van der Waals surface area contributed by atoms with Crippen LogP contribution in [0.2, 0.25) is 0 Å². The Bertz CT molecular complexity index is 335. The summed E-state index contributed by atoms with van der Waals surface area (Å²) in [5.74, 6) is -0.156. The van der Waals surface area contributed by atoms with Crippen molar-refractivity contribution in [3.8, 4) is 0 Å². The van der Waals surface area contributed by atoms with Gasteiger partial charge in [-0.1, -0.05) is 56.7 Å². The predicted molar refractivity (Wildman–Crippen MR) is 74.6 cm³/mol. The van der Waals surface area contributed by atoms with Crippen LogP contribution in [0.3, 0.4) is 0 Å². The van der Waals surface area contributed by atoms with E-state index in [4.69, 9.17) is 0 Å². The van der Waals surface area contributed by atoms with Crippen molar-refractivity contribution in [2.75, 3.05) is 11.5 Å². The van der Waals surface area contributed by atoms with Crippen molar-refractivity contribution < 1.29 is 55.7 Å². The molecule has 0 saturated heterocycles. The van der Waals surface area contributed by atoms with Gasteiger partial charge in [-0.3, -0.25) is 0 Å². The first-order chi connectivity index (χ1) is 9.21. The largest absolute Gasteiger partial charge is 1.00 e. The second kappa shape index (κ2) is 13.5. The Morgan fingerprint density at radius 3 is 1.57 bits per heavy atom. The number of alkyl halides is 3. The smallest absolute Gasteiger partial charge is 0.748 e. The molecule has 0 aliphatic heterocycles. The second-order valence-corrected chi connectivity index (χ2v) is 7.42. The van der Waals surface area contributed by atoms with E-state index in [1.165, 1.54) is 0 Å². The first-order valence-electron chi connectivity index (χ1n) is 6.85. The Morgan fingerprint density at radius 2 is 1.19 bits per heavy atom. The summed E-state index contributed by atoms with van der Waals surface area (Å²) in [6.45, 7) is 0. The summed E-state index contributed by atoms with van der Waals surface area (Å²) in [6, 6.07) is 0. The zero-order valence-corrected chi connectivity index (χ0v) is 16.1. The summed E-state index contributed by atoms with van der Waals surface area (Å²) in [5, 5.41) is 0. The molecule has 0 spiro atoms. The van der Waals surface area contributed by atoms with Crippen LogP contribution in [0, 0.1) is 0 Å². The number of unbranched alkanes of at least 4 members (excludes halogenated alkanes) is 8.